The van der Waals surface area contributed by atoms with Gasteiger partial charge in [0.05, 0.1) is 34.1 Å². The van der Waals surface area contributed by atoms with Crippen LogP contribution in [0.2, 0.25) is 5.02 Å². The van der Waals surface area contributed by atoms with Crippen LogP contribution in [-0.4, -0.2) is 26.9 Å². The molecular weight excluding hydrogens is 575 g/mol. The number of esters is 1. The lowest BCUT2D eigenvalue weighted by Gasteiger charge is -2.24. The van der Waals surface area contributed by atoms with Gasteiger partial charge in [-0.05, 0) is 61.9 Å². The van der Waals surface area contributed by atoms with Gasteiger partial charge in [-0.15, -0.1) is 0 Å². The summed E-state index contributed by atoms with van der Waals surface area (Å²) in [6, 6.07) is 21.9. The topological polar surface area (TPSA) is 78.5 Å². The highest BCUT2D eigenvalue weighted by Gasteiger charge is 2.33. The lowest BCUT2D eigenvalue weighted by molar-refractivity contribution is -0.139. The van der Waals surface area contributed by atoms with Crippen molar-refractivity contribution in [3.8, 4) is 16.9 Å². The van der Waals surface area contributed by atoms with Crippen LogP contribution in [0.3, 0.4) is 0 Å². The molecule has 0 radical (unpaired) electrons. The molecule has 0 bridgehead atoms. The summed E-state index contributed by atoms with van der Waals surface area (Å²) >= 11 is 7.35. The van der Waals surface area contributed by atoms with Gasteiger partial charge in [0.1, 0.15) is 11.5 Å². The predicted octanol–water partition coefficient (Wildman–Crippen LogP) is 5.44. The second-order valence-corrected chi connectivity index (χ2v) is 11.0. The molecule has 1 aliphatic heterocycles. The largest absolute Gasteiger partial charge is 0.463 e. The van der Waals surface area contributed by atoms with Crippen molar-refractivity contribution in [1.29, 1.82) is 0 Å². The van der Waals surface area contributed by atoms with Crippen LogP contribution in [0.5, 0.6) is 0 Å². The van der Waals surface area contributed by atoms with Crippen LogP contribution >= 0.6 is 22.9 Å². The Hall–Kier alpha value is -4.60. The first-order valence-corrected chi connectivity index (χ1v) is 14.4. The van der Waals surface area contributed by atoms with Crippen molar-refractivity contribution >= 4 is 35.0 Å². The second-order valence-electron chi connectivity index (χ2n) is 9.57. The summed E-state index contributed by atoms with van der Waals surface area (Å²) in [7, 11) is 0. The summed E-state index contributed by atoms with van der Waals surface area (Å²) in [5, 5.41) is 5.44. The van der Waals surface area contributed by atoms with Crippen molar-refractivity contribution in [2.75, 3.05) is 6.61 Å². The van der Waals surface area contributed by atoms with Crippen molar-refractivity contribution in [2.45, 2.75) is 19.9 Å². The Bertz CT molecular complexity index is 2010. The number of para-hydroxylation sites is 1. The number of ether oxygens (including phenoxy) is 1. The molecule has 2 aromatic heterocycles. The first-order valence-electron chi connectivity index (χ1n) is 13.2. The van der Waals surface area contributed by atoms with E-state index in [1.165, 1.54) is 28.0 Å². The first-order chi connectivity index (χ1) is 20.3. The van der Waals surface area contributed by atoms with E-state index in [-0.39, 0.29) is 17.7 Å². The zero-order valence-corrected chi connectivity index (χ0v) is 24.2. The molecule has 0 saturated carbocycles. The third-order valence-corrected chi connectivity index (χ3v) is 8.11. The average Bonchev–Trinajstić information content (AvgIpc) is 3.54. The third-order valence-electron chi connectivity index (χ3n) is 6.87. The lowest BCUT2D eigenvalue weighted by atomic mass is 9.96. The van der Waals surface area contributed by atoms with Crippen LogP contribution in [-0.2, 0) is 9.53 Å². The lowest BCUT2D eigenvalue weighted by Crippen LogP contribution is -2.39. The Balaban J connectivity index is 1.56. The van der Waals surface area contributed by atoms with E-state index < -0.39 is 17.8 Å². The fourth-order valence-electron chi connectivity index (χ4n) is 4.93. The molecule has 3 aromatic carbocycles. The quantitative estimate of drug-likeness (QED) is 0.244. The van der Waals surface area contributed by atoms with Crippen LogP contribution in [0.15, 0.2) is 106 Å². The number of carbonyl (C=O) groups is 1. The molecule has 0 amide bonds. The zero-order chi connectivity index (χ0) is 29.4. The van der Waals surface area contributed by atoms with Crippen LogP contribution in [0.25, 0.3) is 23.0 Å². The van der Waals surface area contributed by atoms with E-state index in [2.05, 4.69) is 4.99 Å². The van der Waals surface area contributed by atoms with E-state index in [0.29, 0.717) is 36.9 Å². The SMILES string of the molecule is CCOC(=O)C1=C(C)N=c2s/c(=C\c3cn(-c4ccccc4)nc3-c3ccc(Cl)cc3)c(=O)n2C1c1ccc(F)cc1. The number of allylic oxidation sites excluding steroid dienone is 1. The number of fused-ring (bicyclic) bond motifs is 1. The Morgan fingerprint density at radius 2 is 1.79 bits per heavy atom. The smallest absolute Gasteiger partial charge is 0.338 e. The van der Waals surface area contributed by atoms with Crippen LogP contribution < -0.4 is 14.9 Å². The van der Waals surface area contributed by atoms with E-state index in [1.807, 2.05) is 48.7 Å². The summed E-state index contributed by atoms with van der Waals surface area (Å²) in [4.78, 5) is 32.2. The Morgan fingerprint density at radius 1 is 1.07 bits per heavy atom. The summed E-state index contributed by atoms with van der Waals surface area (Å²) in [6.07, 6.45) is 3.65. The summed E-state index contributed by atoms with van der Waals surface area (Å²) < 4.78 is 22.8. The maximum Gasteiger partial charge on any atom is 0.338 e. The molecule has 5 aromatic rings. The van der Waals surface area contributed by atoms with E-state index in [0.717, 1.165) is 11.3 Å². The number of hydrogen-bond donors (Lipinski definition) is 0. The third kappa shape index (κ3) is 5.13. The van der Waals surface area contributed by atoms with Crippen LogP contribution in [0.4, 0.5) is 4.39 Å². The zero-order valence-electron chi connectivity index (χ0n) is 22.6. The van der Waals surface area contributed by atoms with Crippen molar-refractivity contribution in [3.63, 3.8) is 0 Å². The minimum Gasteiger partial charge on any atom is -0.463 e. The normalized spacial score (nSPS) is 15.0. The molecular formula is C32H24ClFN4O3S. The van der Waals surface area contributed by atoms with Gasteiger partial charge in [0.15, 0.2) is 4.80 Å². The van der Waals surface area contributed by atoms with Gasteiger partial charge >= 0.3 is 5.97 Å². The fourth-order valence-corrected chi connectivity index (χ4v) is 6.09. The minimum absolute atomic E-state index is 0.162. The summed E-state index contributed by atoms with van der Waals surface area (Å²) in [6.45, 7) is 3.58. The minimum atomic E-state index is -0.828. The molecule has 0 saturated heterocycles. The number of carbonyl (C=O) groups excluding carboxylic acids is 1. The van der Waals surface area contributed by atoms with Gasteiger partial charge in [-0.2, -0.15) is 5.10 Å². The molecule has 0 N–H and O–H groups in total. The van der Waals surface area contributed by atoms with Crippen molar-refractivity contribution in [1.82, 2.24) is 14.3 Å². The number of rotatable bonds is 6. The van der Waals surface area contributed by atoms with Gasteiger partial charge in [0.2, 0.25) is 0 Å². The van der Waals surface area contributed by atoms with Gasteiger partial charge < -0.3 is 4.74 Å². The highest BCUT2D eigenvalue weighted by Crippen LogP contribution is 2.31. The maximum atomic E-state index is 14.1. The van der Waals surface area contributed by atoms with Crippen molar-refractivity contribution < 1.29 is 13.9 Å². The highest BCUT2D eigenvalue weighted by molar-refractivity contribution is 7.07. The molecule has 7 nitrogen and oxygen atoms in total. The fraction of sp³-hybridized carbons (Fsp3) is 0.125. The van der Waals surface area contributed by atoms with E-state index in [1.54, 1.807) is 48.9 Å². The maximum absolute atomic E-state index is 14.1. The number of benzene rings is 3. The van der Waals surface area contributed by atoms with Gasteiger partial charge in [-0.3, -0.25) is 9.36 Å². The molecule has 0 spiro atoms. The molecule has 0 aliphatic carbocycles. The summed E-state index contributed by atoms with van der Waals surface area (Å²) in [5.41, 5.74) is 3.98. The van der Waals surface area contributed by atoms with E-state index in [9.17, 15) is 14.0 Å². The molecule has 1 aliphatic rings. The molecule has 210 valence electrons. The summed E-state index contributed by atoms with van der Waals surface area (Å²) in [5.74, 6) is -0.994. The standard InChI is InChI=1S/C32H24ClFN4O3S/c1-3-41-31(40)27-19(2)35-32-38(29(27)21-11-15-24(34)16-12-21)30(39)26(42-32)17-22-18-37(25-7-5-4-6-8-25)36-28(22)20-9-13-23(33)14-10-20/h4-18,29H,3H2,1-2H3/b26-17-. The number of halogens is 2. The van der Waals surface area contributed by atoms with Gasteiger partial charge in [-0.1, -0.05) is 65.4 Å². The number of nitrogens with zero attached hydrogens (tertiary/aromatic N) is 4. The molecule has 6 rings (SSSR count). The monoisotopic (exact) mass is 598 g/mol. The molecule has 1 unspecified atom stereocenters. The highest BCUT2D eigenvalue weighted by atomic mass is 35.5. The number of hydrogen-bond acceptors (Lipinski definition) is 6. The van der Waals surface area contributed by atoms with Crippen molar-refractivity contribution in [2.24, 2.45) is 4.99 Å². The van der Waals surface area contributed by atoms with Crippen LogP contribution in [0, 0.1) is 5.82 Å². The molecule has 42 heavy (non-hydrogen) atoms. The second kappa shape index (κ2) is 11.3. The molecule has 3 heterocycles. The van der Waals surface area contributed by atoms with Crippen LogP contribution in [0.1, 0.15) is 31.0 Å². The van der Waals surface area contributed by atoms with E-state index >= 15 is 0 Å². The Kier molecular flexibility index (Phi) is 7.45. The van der Waals surface area contributed by atoms with Gasteiger partial charge in [0.25, 0.3) is 5.56 Å². The molecule has 10 heteroatoms. The van der Waals surface area contributed by atoms with Crippen molar-refractivity contribution in [3.05, 3.63) is 138 Å². The average molecular weight is 599 g/mol. The predicted molar refractivity (Wildman–Crippen MR) is 161 cm³/mol. The molecule has 0 fully saturated rings. The first kappa shape index (κ1) is 27.6. The van der Waals surface area contributed by atoms with Gasteiger partial charge in [0, 0.05) is 22.3 Å². The van der Waals surface area contributed by atoms with Gasteiger partial charge in [-0.25, -0.2) is 18.9 Å². The molecule has 1 atom stereocenters. The van der Waals surface area contributed by atoms with E-state index in [4.69, 9.17) is 21.4 Å². The Morgan fingerprint density at radius 3 is 2.48 bits per heavy atom. The number of thiazole rings is 1. The Labute approximate surface area is 249 Å². The number of aromatic nitrogens is 3.